The lowest BCUT2D eigenvalue weighted by Gasteiger charge is -2.11. The molecule has 0 fully saturated rings. The SMILES string of the molecule is Cc1cccc(NC(=O)COC(=O)c2ccc(C(F)(F)F)cc2)c1C. The van der Waals surface area contributed by atoms with Gasteiger partial charge in [-0.05, 0) is 55.3 Å². The Labute approximate surface area is 142 Å². The monoisotopic (exact) mass is 351 g/mol. The number of esters is 1. The van der Waals surface area contributed by atoms with Crippen LogP contribution in [0.2, 0.25) is 0 Å². The molecular weight excluding hydrogens is 335 g/mol. The minimum Gasteiger partial charge on any atom is -0.452 e. The van der Waals surface area contributed by atoms with Crippen LogP contribution in [0.4, 0.5) is 18.9 Å². The molecule has 132 valence electrons. The Morgan fingerprint density at radius 2 is 1.68 bits per heavy atom. The van der Waals surface area contributed by atoms with Gasteiger partial charge in [-0.15, -0.1) is 0 Å². The maximum atomic E-state index is 12.5. The van der Waals surface area contributed by atoms with Crippen molar-refractivity contribution in [3.63, 3.8) is 0 Å². The van der Waals surface area contributed by atoms with Gasteiger partial charge in [-0.3, -0.25) is 4.79 Å². The van der Waals surface area contributed by atoms with E-state index in [1.807, 2.05) is 19.9 Å². The highest BCUT2D eigenvalue weighted by atomic mass is 19.4. The zero-order valence-electron chi connectivity index (χ0n) is 13.6. The first-order valence-corrected chi connectivity index (χ1v) is 7.39. The summed E-state index contributed by atoms with van der Waals surface area (Å²) in [4.78, 5) is 23.7. The van der Waals surface area contributed by atoms with E-state index in [-0.39, 0.29) is 5.56 Å². The fourth-order valence-electron chi connectivity index (χ4n) is 2.08. The van der Waals surface area contributed by atoms with Gasteiger partial charge in [-0.25, -0.2) is 4.79 Å². The lowest BCUT2D eigenvalue weighted by molar-refractivity contribution is -0.137. The number of amides is 1. The molecule has 0 saturated carbocycles. The van der Waals surface area contributed by atoms with Crippen LogP contribution in [0.3, 0.4) is 0 Å². The molecule has 7 heteroatoms. The third-order valence-electron chi connectivity index (χ3n) is 3.66. The van der Waals surface area contributed by atoms with Gasteiger partial charge >= 0.3 is 12.1 Å². The highest BCUT2D eigenvalue weighted by Gasteiger charge is 2.30. The van der Waals surface area contributed by atoms with E-state index in [9.17, 15) is 22.8 Å². The number of aryl methyl sites for hydroxylation is 1. The van der Waals surface area contributed by atoms with Gasteiger partial charge in [-0.2, -0.15) is 13.2 Å². The Bertz CT molecular complexity index is 783. The molecule has 0 atom stereocenters. The maximum absolute atomic E-state index is 12.5. The second kappa shape index (κ2) is 7.38. The highest BCUT2D eigenvalue weighted by Crippen LogP contribution is 2.29. The Balaban J connectivity index is 1.93. The predicted octanol–water partition coefficient (Wildman–Crippen LogP) is 4.12. The van der Waals surface area contributed by atoms with Gasteiger partial charge in [-0.1, -0.05) is 12.1 Å². The third kappa shape index (κ3) is 4.82. The molecule has 25 heavy (non-hydrogen) atoms. The van der Waals surface area contributed by atoms with Gasteiger partial charge in [0.25, 0.3) is 5.91 Å². The van der Waals surface area contributed by atoms with Crippen LogP contribution in [-0.4, -0.2) is 18.5 Å². The van der Waals surface area contributed by atoms with Crippen molar-refractivity contribution in [2.45, 2.75) is 20.0 Å². The number of hydrogen-bond donors (Lipinski definition) is 1. The van der Waals surface area contributed by atoms with Crippen molar-refractivity contribution in [1.29, 1.82) is 0 Å². The van der Waals surface area contributed by atoms with Crippen molar-refractivity contribution in [2.24, 2.45) is 0 Å². The summed E-state index contributed by atoms with van der Waals surface area (Å²) in [5.41, 5.74) is 1.57. The summed E-state index contributed by atoms with van der Waals surface area (Å²) >= 11 is 0. The number of hydrogen-bond acceptors (Lipinski definition) is 3. The number of ether oxygens (including phenoxy) is 1. The molecule has 0 heterocycles. The summed E-state index contributed by atoms with van der Waals surface area (Å²) in [6.45, 7) is 3.21. The van der Waals surface area contributed by atoms with Crippen LogP contribution in [-0.2, 0) is 15.7 Å². The molecule has 0 aromatic heterocycles. The fourth-order valence-corrected chi connectivity index (χ4v) is 2.08. The molecule has 0 aliphatic carbocycles. The van der Waals surface area contributed by atoms with E-state index in [0.29, 0.717) is 5.69 Å². The number of halogens is 3. The van der Waals surface area contributed by atoms with Crippen LogP contribution in [0.25, 0.3) is 0 Å². The standard InChI is InChI=1S/C18H16F3NO3/c1-11-4-3-5-15(12(11)2)22-16(23)10-25-17(24)13-6-8-14(9-7-13)18(19,20)21/h3-9H,10H2,1-2H3,(H,22,23). The Morgan fingerprint density at radius 1 is 1.04 bits per heavy atom. The summed E-state index contributed by atoms with van der Waals surface area (Å²) in [6.07, 6.45) is -4.48. The molecule has 2 aromatic carbocycles. The topological polar surface area (TPSA) is 55.4 Å². The molecule has 1 amide bonds. The zero-order valence-corrected chi connectivity index (χ0v) is 13.6. The van der Waals surface area contributed by atoms with Crippen molar-refractivity contribution >= 4 is 17.6 Å². The lowest BCUT2D eigenvalue weighted by atomic mass is 10.1. The maximum Gasteiger partial charge on any atom is 0.416 e. The van der Waals surface area contributed by atoms with E-state index in [4.69, 9.17) is 4.74 Å². The van der Waals surface area contributed by atoms with E-state index in [2.05, 4.69) is 5.32 Å². The largest absolute Gasteiger partial charge is 0.452 e. The first-order chi connectivity index (χ1) is 11.7. The van der Waals surface area contributed by atoms with Crippen LogP contribution < -0.4 is 5.32 Å². The normalized spacial score (nSPS) is 11.1. The highest BCUT2D eigenvalue weighted by molar-refractivity contribution is 5.96. The minimum absolute atomic E-state index is 0.0625. The van der Waals surface area contributed by atoms with E-state index < -0.39 is 30.2 Å². The Kier molecular flexibility index (Phi) is 5.46. The second-order valence-corrected chi connectivity index (χ2v) is 5.45. The van der Waals surface area contributed by atoms with Crippen molar-refractivity contribution in [2.75, 3.05) is 11.9 Å². The molecule has 2 aromatic rings. The summed E-state index contributed by atoms with van der Waals surface area (Å²) in [6, 6.07) is 8.99. The first-order valence-electron chi connectivity index (χ1n) is 7.39. The quantitative estimate of drug-likeness (QED) is 0.843. The van der Waals surface area contributed by atoms with E-state index >= 15 is 0 Å². The molecule has 4 nitrogen and oxygen atoms in total. The third-order valence-corrected chi connectivity index (χ3v) is 3.66. The van der Waals surface area contributed by atoms with Crippen LogP contribution in [0.15, 0.2) is 42.5 Å². The Hall–Kier alpha value is -2.83. The van der Waals surface area contributed by atoms with Gasteiger partial charge in [0, 0.05) is 5.69 Å². The van der Waals surface area contributed by atoms with Crippen molar-refractivity contribution in [1.82, 2.24) is 0 Å². The molecule has 0 aliphatic rings. The van der Waals surface area contributed by atoms with Crippen LogP contribution in [0.1, 0.15) is 27.0 Å². The van der Waals surface area contributed by atoms with E-state index in [1.165, 1.54) is 0 Å². The van der Waals surface area contributed by atoms with Gasteiger partial charge in [0.1, 0.15) is 0 Å². The minimum atomic E-state index is -4.48. The molecule has 0 aliphatic heterocycles. The number of alkyl halides is 3. The Morgan fingerprint density at radius 3 is 2.28 bits per heavy atom. The van der Waals surface area contributed by atoms with Gasteiger partial charge < -0.3 is 10.1 Å². The molecule has 0 saturated heterocycles. The van der Waals surface area contributed by atoms with Crippen molar-refractivity contribution < 1.29 is 27.5 Å². The number of carbonyl (C=O) groups is 2. The molecule has 0 radical (unpaired) electrons. The average Bonchev–Trinajstić information content (AvgIpc) is 2.56. The summed E-state index contributed by atoms with van der Waals surface area (Å²) in [5.74, 6) is -1.40. The predicted molar refractivity (Wildman–Crippen MR) is 86.3 cm³/mol. The van der Waals surface area contributed by atoms with Crippen molar-refractivity contribution in [3.05, 3.63) is 64.7 Å². The lowest BCUT2D eigenvalue weighted by Crippen LogP contribution is -2.21. The smallest absolute Gasteiger partial charge is 0.416 e. The molecule has 0 spiro atoms. The van der Waals surface area contributed by atoms with Crippen molar-refractivity contribution in [3.8, 4) is 0 Å². The van der Waals surface area contributed by atoms with Gasteiger partial charge in [0.05, 0.1) is 11.1 Å². The first kappa shape index (κ1) is 18.5. The van der Waals surface area contributed by atoms with E-state index in [1.54, 1.807) is 12.1 Å². The number of nitrogens with one attached hydrogen (secondary N) is 1. The zero-order chi connectivity index (χ0) is 18.6. The van der Waals surface area contributed by atoms with Crippen LogP contribution in [0, 0.1) is 13.8 Å². The van der Waals surface area contributed by atoms with Crippen LogP contribution in [0.5, 0.6) is 0 Å². The summed E-state index contributed by atoms with van der Waals surface area (Å²) in [7, 11) is 0. The van der Waals surface area contributed by atoms with Crippen LogP contribution >= 0.6 is 0 Å². The molecule has 2 rings (SSSR count). The number of anilines is 1. The van der Waals surface area contributed by atoms with E-state index in [0.717, 1.165) is 35.4 Å². The number of carbonyl (C=O) groups excluding carboxylic acids is 2. The summed E-state index contributed by atoms with van der Waals surface area (Å²) in [5, 5.41) is 2.62. The van der Waals surface area contributed by atoms with Gasteiger partial charge in [0.2, 0.25) is 0 Å². The fraction of sp³-hybridized carbons (Fsp3) is 0.222. The summed E-state index contributed by atoms with van der Waals surface area (Å²) < 4.78 is 42.2. The second-order valence-electron chi connectivity index (χ2n) is 5.45. The number of rotatable bonds is 4. The molecule has 0 unspecified atom stereocenters. The average molecular weight is 351 g/mol. The molecule has 0 bridgehead atoms. The van der Waals surface area contributed by atoms with Gasteiger partial charge in [0.15, 0.2) is 6.61 Å². The molecule has 1 N–H and O–H groups in total. The molecular formula is C18H16F3NO3. The number of benzene rings is 2.